The molecule has 2 aromatic heterocycles. The predicted octanol–water partition coefficient (Wildman–Crippen LogP) is 2.13. The Morgan fingerprint density at radius 1 is 1.33 bits per heavy atom. The van der Waals surface area contributed by atoms with Gasteiger partial charge in [-0.2, -0.15) is 16.7 Å². The van der Waals surface area contributed by atoms with E-state index in [2.05, 4.69) is 24.8 Å². The molecule has 4 rings (SSSR count). The Balaban J connectivity index is 1.96. The third-order valence-corrected chi connectivity index (χ3v) is 5.01. The van der Waals surface area contributed by atoms with Crippen LogP contribution < -0.4 is 5.32 Å². The van der Waals surface area contributed by atoms with Crippen molar-refractivity contribution in [1.29, 1.82) is 0 Å². The van der Waals surface area contributed by atoms with Crippen LogP contribution in [-0.2, 0) is 5.54 Å². The predicted molar refractivity (Wildman–Crippen MR) is 73.4 cm³/mol. The highest BCUT2D eigenvalue weighted by Crippen LogP contribution is 2.41. The lowest BCUT2D eigenvalue weighted by Crippen LogP contribution is -2.38. The molecular weight excluding hydrogens is 270 g/mol. The van der Waals surface area contributed by atoms with Crippen molar-refractivity contribution in [1.82, 2.24) is 19.5 Å². The Morgan fingerprint density at radius 3 is 3.00 bits per heavy atom. The van der Waals surface area contributed by atoms with Gasteiger partial charge in [-0.15, -0.1) is 0 Å². The normalized spacial score (nSPS) is 21.2. The van der Waals surface area contributed by atoms with Crippen LogP contribution in [0.4, 0.5) is 5.95 Å². The minimum absolute atomic E-state index is 0.132. The summed E-state index contributed by atoms with van der Waals surface area (Å²) in [5.41, 5.74) is 1.81. The summed E-state index contributed by atoms with van der Waals surface area (Å²) in [5, 5.41) is 3.69. The van der Waals surface area contributed by atoms with E-state index >= 15 is 0 Å². The third kappa shape index (κ3) is 1.39. The standard InChI is InChI=1S/C11H12ClN5S/c12-9-13-5-7-8(16-9)17-10(15-7)14-6-11(17)1-3-18-4-2-11/h5H,1-4,6H2,(H,14,15). The van der Waals surface area contributed by atoms with Gasteiger partial charge in [-0.25, -0.2) is 9.97 Å². The highest BCUT2D eigenvalue weighted by molar-refractivity contribution is 7.99. The van der Waals surface area contributed by atoms with Crippen molar-refractivity contribution >= 4 is 40.5 Å². The number of halogens is 1. The van der Waals surface area contributed by atoms with Crippen LogP contribution in [0.15, 0.2) is 6.20 Å². The molecule has 0 amide bonds. The van der Waals surface area contributed by atoms with E-state index in [0.29, 0.717) is 0 Å². The molecule has 0 unspecified atom stereocenters. The molecule has 18 heavy (non-hydrogen) atoms. The third-order valence-electron chi connectivity index (χ3n) is 3.84. The minimum atomic E-state index is 0.132. The zero-order valence-electron chi connectivity index (χ0n) is 9.69. The summed E-state index contributed by atoms with van der Waals surface area (Å²) in [7, 11) is 0. The highest BCUT2D eigenvalue weighted by atomic mass is 35.5. The van der Waals surface area contributed by atoms with Crippen LogP contribution in [0.1, 0.15) is 12.8 Å². The lowest BCUT2D eigenvalue weighted by Gasteiger charge is -2.33. The van der Waals surface area contributed by atoms with Crippen LogP contribution >= 0.6 is 23.4 Å². The fourth-order valence-corrected chi connectivity index (χ4v) is 4.28. The van der Waals surface area contributed by atoms with Crippen LogP contribution in [0.5, 0.6) is 0 Å². The van der Waals surface area contributed by atoms with E-state index in [4.69, 9.17) is 11.6 Å². The van der Waals surface area contributed by atoms with E-state index in [1.165, 1.54) is 11.5 Å². The summed E-state index contributed by atoms with van der Waals surface area (Å²) in [6.45, 7) is 0.952. The summed E-state index contributed by atoms with van der Waals surface area (Å²) in [4.78, 5) is 12.9. The van der Waals surface area contributed by atoms with Gasteiger partial charge in [0.15, 0.2) is 5.65 Å². The Morgan fingerprint density at radius 2 is 2.17 bits per heavy atom. The summed E-state index contributed by atoms with van der Waals surface area (Å²) >= 11 is 7.94. The molecule has 0 aliphatic carbocycles. The first-order chi connectivity index (χ1) is 8.78. The quantitative estimate of drug-likeness (QED) is 0.750. The Kier molecular flexibility index (Phi) is 2.26. The summed E-state index contributed by atoms with van der Waals surface area (Å²) in [6.07, 6.45) is 4.01. The van der Waals surface area contributed by atoms with Gasteiger partial charge in [-0.3, -0.25) is 4.57 Å². The van der Waals surface area contributed by atoms with E-state index < -0.39 is 0 Å². The van der Waals surface area contributed by atoms with Gasteiger partial charge in [-0.1, -0.05) is 0 Å². The lowest BCUT2D eigenvalue weighted by atomic mass is 9.93. The Labute approximate surface area is 113 Å². The fourth-order valence-electron chi connectivity index (χ4n) is 2.90. The first-order valence-electron chi connectivity index (χ1n) is 6.02. The van der Waals surface area contributed by atoms with Crippen molar-refractivity contribution in [3.63, 3.8) is 0 Å². The number of aromatic nitrogens is 4. The van der Waals surface area contributed by atoms with E-state index in [1.54, 1.807) is 6.20 Å². The molecule has 4 heterocycles. The zero-order valence-corrected chi connectivity index (χ0v) is 11.3. The minimum Gasteiger partial charge on any atom is -0.353 e. The van der Waals surface area contributed by atoms with Gasteiger partial charge in [0.2, 0.25) is 11.2 Å². The number of hydrogen-bond donors (Lipinski definition) is 1. The average Bonchev–Trinajstić information content (AvgIpc) is 2.90. The van der Waals surface area contributed by atoms with Crippen molar-refractivity contribution in [2.24, 2.45) is 0 Å². The monoisotopic (exact) mass is 281 g/mol. The van der Waals surface area contributed by atoms with Gasteiger partial charge in [0, 0.05) is 6.54 Å². The van der Waals surface area contributed by atoms with Crippen LogP contribution in [0.3, 0.4) is 0 Å². The second-order valence-electron chi connectivity index (χ2n) is 4.81. The van der Waals surface area contributed by atoms with Crippen molar-refractivity contribution in [2.45, 2.75) is 18.4 Å². The molecule has 0 bridgehead atoms. The van der Waals surface area contributed by atoms with Gasteiger partial charge in [0.1, 0.15) is 5.52 Å². The van der Waals surface area contributed by atoms with E-state index in [0.717, 1.165) is 36.5 Å². The molecule has 1 N–H and O–H groups in total. The van der Waals surface area contributed by atoms with E-state index in [-0.39, 0.29) is 10.8 Å². The molecule has 2 aliphatic rings. The first-order valence-corrected chi connectivity index (χ1v) is 7.55. The Bertz CT molecular complexity index is 619. The highest BCUT2D eigenvalue weighted by Gasteiger charge is 2.42. The first kappa shape index (κ1) is 10.9. The zero-order chi connectivity index (χ0) is 12.2. The maximum atomic E-state index is 5.92. The van der Waals surface area contributed by atoms with Crippen molar-refractivity contribution in [3.8, 4) is 0 Å². The Hall–Kier alpha value is -1.01. The molecule has 0 saturated carbocycles. The average molecular weight is 282 g/mol. The number of nitrogens with one attached hydrogen (secondary N) is 1. The molecule has 0 atom stereocenters. The van der Waals surface area contributed by atoms with Gasteiger partial charge in [0.05, 0.1) is 11.7 Å². The van der Waals surface area contributed by atoms with Crippen LogP contribution in [-0.4, -0.2) is 37.6 Å². The molecule has 0 aromatic carbocycles. The van der Waals surface area contributed by atoms with Gasteiger partial charge in [-0.05, 0) is 35.9 Å². The molecule has 94 valence electrons. The number of anilines is 1. The number of hydrogen-bond acceptors (Lipinski definition) is 5. The molecule has 1 fully saturated rings. The molecular formula is C11H12ClN5S. The largest absolute Gasteiger partial charge is 0.353 e. The van der Waals surface area contributed by atoms with Gasteiger partial charge in [0.25, 0.3) is 0 Å². The molecule has 7 heteroatoms. The maximum Gasteiger partial charge on any atom is 0.224 e. The molecule has 5 nitrogen and oxygen atoms in total. The molecule has 2 aromatic rings. The SMILES string of the molecule is Clc1ncc2nc3n(c2n1)C1(CCSCC1)CN3. The molecule has 1 spiro atoms. The maximum absolute atomic E-state index is 5.92. The summed E-state index contributed by atoms with van der Waals surface area (Å²) < 4.78 is 2.25. The topological polar surface area (TPSA) is 55.6 Å². The lowest BCUT2D eigenvalue weighted by molar-refractivity contribution is 0.314. The number of thioether (sulfide) groups is 1. The number of fused-ring (bicyclic) bond motifs is 4. The second kappa shape index (κ2) is 3.74. The van der Waals surface area contributed by atoms with Gasteiger partial charge < -0.3 is 5.32 Å². The smallest absolute Gasteiger partial charge is 0.224 e. The van der Waals surface area contributed by atoms with Crippen molar-refractivity contribution < 1.29 is 0 Å². The molecule has 0 radical (unpaired) electrons. The van der Waals surface area contributed by atoms with Crippen molar-refractivity contribution in [2.75, 3.05) is 23.4 Å². The van der Waals surface area contributed by atoms with Crippen LogP contribution in [0.25, 0.3) is 11.2 Å². The number of nitrogens with zero attached hydrogens (tertiary/aromatic N) is 4. The van der Waals surface area contributed by atoms with Crippen molar-refractivity contribution in [3.05, 3.63) is 11.5 Å². The van der Waals surface area contributed by atoms with Crippen LogP contribution in [0, 0.1) is 0 Å². The molecule has 1 saturated heterocycles. The van der Waals surface area contributed by atoms with Gasteiger partial charge >= 0.3 is 0 Å². The van der Waals surface area contributed by atoms with Crippen LogP contribution in [0.2, 0.25) is 5.28 Å². The number of imidazole rings is 1. The number of rotatable bonds is 0. The summed E-state index contributed by atoms with van der Waals surface area (Å²) in [6, 6.07) is 0. The summed E-state index contributed by atoms with van der Waals surface area (Å²) in [5.74, 6) is 3.30. The van der Waals surface area contributed by atoms with E-state index in [9.17, 15) is 0 Å². The second-order valence-corrected chi connectivity index (χ2v) is 6.37. The molecule has 2 aliphatic heterocycles. The van der Waals surface area contributed by atoms with E-state index in [1.807, 2.05) is 11.8 Å². The fraction of sp³-hybridized carbons (Fsp3) is 0.545.